The number of phenolic OH excluding ortho intramolecular Hbond substituents is 2. The molecule has 1 amide bonds. The molecule has 4 N–H and O–H groups in total. The van der Waals surface area contributed by atoms with Gasteiger partial charge in [0.25, 0.3) is 0 Å². The monoisotopic (exact) mass is 323 g/mol. The number of carbonyl (C=O) groups excluding carboxylic acids is 1. The Bertz CT molecular complexity index is 556. The highest BCUT2D eigenvalue weighted by Gasteiger charge is 2.21. The molecule has 0 heterocycles. The second kappa shape index (κ2) is 8.41. The minimum atomic E-state index is -1.03. The van der Waals surface area contributed by atoms with Crippen LogP contribution in [-0.2, 0) is 9.59 Å². The number of benzene rings is 1. The number of hydrogen-bond acceptors (Lipinski definition) is 4. The fourth-order valence-electron chi connectivity index (χ4n) is 2.41. The maximum absolute atomic E-state index is 11.9. The fraction of sp³-hybridized carbons (Fsp3) is 0.529. The smallest absolute Gasteiger partial charge is 0.326 e. The van der Waals surface area contributed by atoms with Gasteiger partial charge < -0.3 is 20.6 Å². The molecule has 128 valence electrons. The highest BCUT2D eigenvalue weighted by atomic mass is 16.4. The summed E-state index contributed by atoms with van der Waals surface area (Å²) in [6.07, 6.45) is 1.02. The number of phenols is 2. The number of carboxylic acids is 1. The maximum atomic E-state index is 11.9. The van der Waals surface area contributed by atoms with Gasteiger partial charge in [-0.05, 0) is 36.3 Å². The second-order valence-electron chi connectivity index (χ2n) is 6.27. The Kier molecular flexibility index (Phi) is 6.88. The van der Waals surface area contributed by atoms with Crippen molar-refractivity contribution in [1.29, 1.82) is 0 Å². The molecular formula is C17H25NO5. The Hall–Kier alpha value is -2.24. The molecule has 0 spiro atoms. The molecule has 1 aromatic carbocycles. The number of rotatable bonds is 8. The van der Waals surface area contributed by atoms with Crippen LogP contribution in [0, 0.1) is 5.92 Å². The minimum absolute atomic E-state index is 0.0128. The largest absolute Gasteiger partial charge is 0.508 e. The van der Waals surface area contributed by atoms with Gasteiger partial charge in [-0.25, -0.2) is 4.79 Å². The van der Waals surface area contributed by atoms with Crippen LogP contribution in [0.25, 0.3) is 0 Å². The predicted octanol–water partition coefficient (Wildman–Crippen LogP) is 2.60. The number of carboxylic acid groups (broad SMARTS) is 1. The van der Waals surface area contributed by atoms with Crippen LogP contribution >= 0.6 is 0 Å². The Morgan fingerprint density at radius 2 is 1.83 bits per heavy atom. The number of nitrogens with one attached hydrogen (secondary N) is 1. The van der Waals surface area contributed by atoms with Gasteiger partial charge in [0.2, 0.25) is 5.91 Å². The van der Waals surface area contributed by atoms with E-state index in [9.17, 15) is 19.8 Å². The summed E-state index contributed by atoms with van der Waals surface area (Å²) in [4.78, 5) is 23.1. The summed E-state index contributed by atoms with van der Waals surface area (Å²) in [5.41, 5.74) is 0.646. The Morgan fingerprint density at radius 3 is 2.35 bits per heavy atom. The van der Waals surface area contributed by atoms with Crippen molar-refractivity contribution in [2.45, 2.75) is 52.0 Å². The van der Waals surface area contributed by atoms with Crippen molar-refractivity contribution in [2.24, 2.45) is 5.92 Å². The zero-order valence-electron chi connectivity index (χ0n) is 13.7. The minimum Gasteiger partial charge on any atom is -0.508 e. The van der Waals surface area contributed by atoms with Crippen LogP contribution in [0.2, 0.25) is 0 Å². The van der Waals surface area contributed by atoms with Crippen molar-refractivity contribution >= 4 is 11.9 Å². The van der Waals surface area contributed by atoms with E-state index in [1.165, 1.54) is 12.1 Å². The summed E-state index contributed by atoms with van der Waals surface area (Å²) < 4.78 is 0. The van der Waals surface area contributed by atoms with E-state index >= 15 is 0 Å². The molecular weight excluding hydrogens is 298 g/mol. The van der Waals surface area contributed by atoms with Crippen molar-refractivity contribution in [2.75, 3.05) is 0 Å². The van der Waals surface area contributed by atoms with Gasteiger partial charge in [-0.2, -0.15) is 0 Å². The molecule has 23 heavy (non-hydrogen) atoms. The molecule has 2 unspecified atom stereocenters. The molecule has 0 bridgehead atoms. The molecule has 0 fully saturated rings. The standard InChI is InChI=1S/C17H25NO5/c1-10(2)8-14(17(22)23)18-16(21)7-4-11(3)13-6-5-12(19)9-15(13)20/h5-6,9-11,14,19-20H,4,7-8H2,1-3H3,(H,18,21)(H,22,23). The third kappa shape index (κ3) is 6.18. The lowest BCUT2D eigenvalue weighted by Crippen LogP contribution is -2.41. The number of hydrogen-bond donors (Lipinski definition) is 4. The van der Waals surface area contributed by atoms with Gasteiger partial charge in [-0.3, -0.25) is 4.79 Å². The summed E-state index contributed by atoms with van der Waals surface area (Å²) in [5, 5.41) is 30.7. The Labute approximate surface area is 136 Å². The van der Waals surface area contributed by atoms with Crippen molar-refractivity contribution in [3.8, 4) is 11.5 Å². The van der Waals surface area contributed by atoms with Crippen LogP contribution in [0.4, 0.5) is 0 Å². The molecule has 1 rings (SSSR count). The summed E-state index contributed by atoms with van der Waals surface area (Å²) in [6, 6.07) is 3.48. The van der Waals surface area contributed by atoms with Crippen LogP contribution in [0.1, 0.15) is 51.5 Å². The van der Waals surface area contributed by atoms with Crippen molar-refractivity contribution < 1.29 is 24.9 Å². The van der Waals surface area contributed by atoms with E-state index in [1.54, 1.807) is 6.07 Å². The quantitative estimate of drug-likeness (QED) is 0.588. The van der Waals surface area contributed by atoms with E-state index in [2.05, 4.69) is 5.32 Å². The van der Waals surface area contributed by atoms with Crippen molar-refractivity contribution in [3.05, 3.63) is 23.8 Å². The third-order valence-corrected chi connectivity index (χ3v) is 3.69. The lowest BCUT2D eigenvalue weighted by Gasteiger charge is -2.18. The van der Waals surface area contributed by atoms with Gasteiger partial charge in [0.15, 0.2) is 0 Å². The van der Waals surface area contributed by atoms with Crippen molar-refractivity contribution in [3.63, 3.8) is 0 Å². The molecule has 0 aliphatic heterocycles. The number of carbonyl (C=O) groups is 2. The first-order valence-corrected chi connectivity index (χ1v) is 7.74. The molecule has 0 aromatic heterocycles. The van der Waals surface area contributed by atoms with Gasteiger partial charge in [0.1, 0.15) is 17.5 Å². The zero-order chi connectivity index (χ0) is 17.6. The fourth-order valence-corrected chi connectivity index (χ4v) is 2.41. The third-order valence-electron chi connectivity index (χ3n) is 3.69. The second-order valence-corrected chi connectivity index (χ2v) is 6.27. The summed E-state index contributed by atoms with van der Waals surface area (Å²) in [5.74, 6) is -1.30. The molecule has 0 aliphatic rings. The highest BCUT2D eigenvalue weighted by molar-refractivity contribution is 5.83. The molecule has 2 atom stereocenters. The Balaban J connectivity index is 2.56. The lowest BCUT2D eigenvalue weighted by molar-refractivity contribution is -0.142. The topological polar surface area (TPSA) is 107 Å². The number of aliphatic carboxylic acids is 1. The number of aromatic hydroxyl groups is 2. The lowest BCUT2D eigenvalue weighted by atomic mass is 9.95. The van der Waals surface area contributed by atoms with E-state index < -0.39 is 12.0 Å². The molecule has 6 nitrogen and oxygen atoms in total. The van der Waals surface area contributed by atoms with Gasteiger partial charge in [-0.1, -0.05) is 26.8 Å². The normalized spacial score (nSPS) is 13.6. The van der Waals surface area contributed by atoms with Gasteiger partial charge in [0, 0.05) is 12.5 Å². The van der Waals surface area contributed by atoms with Crippen LogP contribution in [0.3, 0.4) is 0 Å². The van der Waals surface area contributed by atoms with Crippen LogP contribution in [0.5, 0.6) is 11.5 Å². The molecule has 0 aliphatic carbocycles. The van der Waals surface area contributed by atoms with E-state index in [4.69, 9.17) is 5.11 Å². The summed E-state index contributed by atoms with van der Waals surface area (Å²) >= 11 is 0. The predicted molar refractivity (Wildman–Crippen MR) is 86.4 cm³/mol. The molecule has 0 saturated heterocycles. The van der Waals surface area contributed by atoms with Crippen LogP contribution < -0.4 is 5.32 Å². The van der Waals surface area contributed by atoms with Gasteiger partial charge in [-0.15, -0.1) is 0 Å². The van der Waals surface area contributed by atoms with E-state index in [0.29, 0.717) is 18.4 Å². The average Bonchev–Trinajstić information content (AvgIpc) is 2.43. The van der Waals surface area contributed by atoms with Crippen molar-refractivity contribution in [1.82, 2.24) is 5.32 Å². The first-order valence-electron chi connectivity index (χ1n) is 7.74. The van der Waals surface area contributed by atoms with Gasteiger partial charge in [0.05, 0.1) is 0 Å². The molecule has 0 radical (unpaired) electrons. The van der Waals surface area contributed by atoms with E-state index in [1.807, 2.05) is 20.8 Å². The molecule has 6 heteroatoms. The zero-order valence-corrected chi connectivity index (χ0v) is 13.7. The number of amides is 1. The summed E-state index contributed by atoms with van der Waals surface area (Å²) in [6.45, 7) is 5.66. The highest BCUT2D eigenvalue weighted by Crippen LogP contribution is 2.31. The van der Waals surface area contributed by atoms with Crippen LogP contribution in [-0.4, -0.2) is 33.2 Å². The molecule has 0 saturated carbocycles. The molecule has 1 aromatic rings. The van der Waals surface area contributed by atoms with Gasteiger partial charge >= 0.3 is 5.97 Å². The maximum Gasteiger partial charge on any atom is 0.326 e. The summed E-state index contributed by atoms with van der Waals surface area (Å²) in [7, 11) is 0. The SMILES string of the molecule is CC(C)CC(NC(=O)CCC(C)c1ccc(O)cc1O)C(=O)O. The van der Waals surface area contributed by atoms with E-state index in [0.717, 1.165) is 0 Å². The Morgan fingerprint density at radius 1 is 1.17 bits per heavy atom. The van der Waals surface area contributed by atoms with E-state index in [-0.39, 0.29) is 35.7 Å². The first kappa shape index (κ1) is 18.8. The average molecular weight is 323 g/mol. The van der Waals surface area contributed by atoms with Crippen LogP contribution in [0.15, 0.2) is 18.2 Å². The first-order chi connectivity index (χ1) is 10.7.